The number of nitrogens with one attached hydrogen (secondary N) is 1. The van der Waals surface area contributed by atoms with Crippen molar-refractivity contribution in [1.29, 1.82) is 0 Å². The maximum absolute atomic E-state index is 5.93. The van der Waals surface area contributed by atoms with E-state index in [1.165, 1.54) is 45.3 Å². The summed E-state index contributed by atoms with van der Waals surface area (Å²) >= 11 is 0. The fraction of sp³-hybridized carbons (Fsp3) is 1.00. The molecule has 2 rings (SSSR count). The van der Waals surface area contributed by atoms with E-state index >= 15 is 0 Å². The Morgan fingerprint density at radius 2 is 1.88 bits per heavy atom. The van der Waals surface area contributed by atoms with Crippen LogP contribution in [0.4, 0.5) is 0 Å². The number of ether oxygens (including phenoxy) is 1. The Labute approximate surface area is 106 Å². The lowest BCUT2D eigenvalue weighted by atomic mass is 9.97. The molecular weight excluding hydrogens is 212 g/mol. The highest BCUT2D eigenvalue weighted by Crippen LogP contribution is 2.21. The highest BCUT2D eigenvalue weighted by atomic mass is 16.5. The molecule has 2 atom stereocenters. The van der Waals surface area contributed by atoms with Crippen LogP contribution in [0.2, 0.25) is 0 Å². The standard InChI is InChI=1S/C14H28N2O/c1-3-16(10-13-6-8-15-9-7-13)11-14-5-4-12(2)17-14/h12-15H,3-11H2,1-2H3. The average molecular weight is 240 g/mol. The smallest absolute Gasteiger partial charge is 0.0706 e. The molecule has 2 saturated heterocycles. The lowest BCUT2D eigenvalue weighted by molar-refractivity contribution is 0.0283. The van der Waals surface area contributed by atoms with Gasteiger partial charge in [0.2, 0.25) is 0 Å². The predicted molar refractivity (Wildman–Crippen MR) is 71.3 cm³/mol. The first kappa shape index (κ1) is 13.3. The molecular formula is C14H28N2O. The Kier molecular flexibility index (Phi) is 5.26. The number of piperidine rings is 1. The summed E-state index contributed by atoms with van der Waals surface area (Å²) < 4.78 is 5.93. The van der Waals surface area contributed by atoms with E-state index in [9.17, 15) is 0 Å². The van der Waals surface area contributed by atoms with Crippen molar-refractivity contribution in [1.82, 2.24) is 10.2 Å². The van der Waals surface area contributed by atoms with Crippen molar-refractivity contribution >= 4 is 0 Å². The van der Waals surface area contributed by atoms with Gasteiger partial charge >= 0.3 is 0 Å². The summed E-state index contributed by atoms with van der Waals surface area (Å²) in [5.74, 6) is 0.898. The number of hydrogen-bond acceptors (Lipinski definition) is 3. The zero-order chi connectivity index (χ0) is 12.1. The van der Waals surface area contributed by atoms with Crippen molar-refractivity contribution in [3.05, 3.63) is 0 Å². The molecule has 2 fully saturated rings. The fourth-order valence-corrected chi connectivity index (χ4v) is 3.07. The minimum atomic E-state index is 0.484. The summed E-state index contributed by atoms with van der Waals surface area (Å²) in [5, 5.41) is 3.44. The van der Waals surface area contributed by atoms with Crippen LogP contribution in [-0.4, -0.2) is 49.8 Å². The van der Waals surface area contributed by atoms with E-state index < -0.39 is 0 Å². The van der Waals surface area contributed by atoms with Crippen LogP contribution >= 0.6 is 0 Å². The molecule has 0 spiro atoms. The summed E-state index contributed by atoms with van der Waals surface area (Å²) in [4.78, 5) is 2.60. The van der Waals surface area contributed by atoms with Crippen LogP contribution in [-0.2, 0) is 4.74 Å². The van der Waals surface area contributed by atoms with Gasteiger partial charge in [0.05, 0.1) is 12.2 Å². The van der Waals surface area contributed by atoms with E-state index in [2.05, 4.69) is 24.1 Å². The number of likely N-dealkylation sites (N-methyl/N-ethyl adjacent to an activating group) is 1. The normalized spacial score (nSPS) is 31.2. The molecule has 3 heteroatoms. The van der Waals surface area contributed by atoms with Crippen molar-refractivity contribution in [2.24, 2.45) is 5.92 Å². The number of hydrogen-bond donors (Lipinski definition) is 1. The molecule has 2 heterocycles. The minimum absolute atomic E-state index is 0.484. The van der Waals surface area contributed by atoms with Crippen molar-refractivity contribution < 1.29 is 4.74 Å². The Hall–Kier alpha value is -0.120. The largest absolute Gasteiger partial charge is 0.374 e. The molecule has 0 aromatic rings. The Morgan fingerprint density at radius 3 is 2.47 bits per heavy atom. The quantitative estimate of drug-likeness (QED) is 0.794. The second kappa shape index (κ2) is 6.72. The van der Waals surface area contributed by atoms with Crippen LogP contribution in [0.3, 0.4) is 0 Å². The van der Waals surface area contributed by atoms with Gasteiger partial charge in [0.25, 0.3) is 0 Å². The van der Waals surface area contributed by atoms with Crippen molar-refractivity contribution in [3.63, 3.8) is 0 Å². The van der Waals surface area contributed by atoms with Gasteiger partial charge in [-0.2, -0.15) is 0 Å². The second-order valence-corrected chi connectivity index (χ2v) is 5.69. The van der Waals surface area contributed by atoms with Crippen LogP contribution in [0, 0.1) is 5.92 Å². The summed E-state index contributed by atoms with van der Waals surface area (Å²) in [6.45, 7) is 10.5. The second-order valence-electron chi connectivity index (χ2n) is 5.69. The Balaban J connectivity index is 1.72. The number of rotatable bonds is 5. The SMILES string of the molecule is CCN(CC1CCNCC1)CC1CCC(C)O1. The van der Waals surface area contributed by atoms with Gasteiger partial charge in [-0.3, -0.25) is 0 Å². The lowest BCUT2D eigenvalue weighted by Crippen LogP contribution is -2.39. The van der Waals surface area contributed by atoms with Gasteiger partial charge in [0.1, 0.15) is 0 Å². The van der Waals surface area contributed by atoms with Crippen molar-refractivity contribution in [2.75, 3.05) is 32.7 Å². The van der Waals surface area contributed by atoms with Gasteiger partial charge in [-0.25, -0.2) is 0 Å². The highest BCUT2D eigenvalue weighted by molar-refractivity contribution is 4.77. The van der Waals surface area contributed by atoms with Crippen LogP contribution in [0.5, 0.6) is 0 Å². The highest BCUT2D eigenvalue weighted by Gasteiger charge is 2.24. The molecule has 2 aliphatic heterocycles. The minimum Gasteiger partial charge on any atom is -0.374 e. The van der Waals surface area contributed by atoms with Gasteiger partial charge < -0.3 is 15.0 Å². The number of nitrogens with zero attached hydrogens (tertiary/aromatic N) is 1. The van der Waals surface area contributed by atoms with Gasteiger partial charge in [-0.15, -0.1) is 0 Å². The van der Waals surface area contributed by atoms with Crippen LogP contribution in [0.1, 0.15) is 39.5 Å². The monoisotopic (exact) mass is 240 g/mol. The lowest BCUT2D eigenvalue weighted by Gasteiger charge is -2.30. The molecule has 100 valence electrons. The van der Waals surface area contributed by atoms with E-state index in [-0.39, 0.29) is 0 Å². The fourth-order valence-electron chi connectivity index (χ4n) is 3.07. The molecule has 0 aromatic heterocycles. The Bertz CT molecular complexity index is 210. The molecule has 17 heavy (non-hydrogen) atoms. The molecule has 0 radical (unpaired) electrons. The van der Waals surface area contributed by atoms with Gasteiger partial charge in [0.15, 0.2) is 0 Å². The zero-order valence-electron chi connectivity index (χ0n) is 11.5. The molecule has 0 bridgehead atoms. The summed E-state index contributed by atoms with van der Waals surface area (Å²) in [6, 6.07) is 0. The van der Waals surface area contributed by atoms with E-state index in [1.54, 1.807) is 0 Å². The van der Waals surface area contributed by atoms with Crippen LogP contribution in [0.15, 0.2) is 0 Å². The first-order valence-electron chi connectivity index (χ1n) is 7.36. The maximum Gasteiger partial charge on any atom is 0.0706 e. The molecule has 0 saturated carbocycles. The summed E-state index contributed by atoms with van der Waals surface area (Å²) in [7, 11) is 0. The first-order valence-corrected chi connectivity index (χ1v) is 7.36. The topological polar surface area (TPSA) is 24.5 Å². The molecule has 2 aliphatic rings. The molecule has 0 aliphatic carbocycles. The predicted octanol–water partition coefficient (Wildman–Crippen LogP) is 1.88. The molecule has 3 nitrogen and oxygen atoms in total. The Morgan fingerprint density at radius 1 is 1.12 bits per heavy atom. The van der Waals surface area contributed by atoms with E-state index in [1.807, 2.05) is 0 Å². The van der Waals surface area contributed by atoms with Crippen molar-refractivity contribution in [2.45, 2.75) is 51.7 Å². The molecule has 0 aromatic carbocycles. The molecule has 2 unspecified atom stereocenters. The van der Waals surface area contributed by atoms with E-state index in [0.717, 1.165) is 19.0 Å². The first-order chi connectivity index (χ1) is 8.28. The summed E-state index contributed by atoms with van der Waals surface area (Å²) in [5.41, 5.74) is 0. The van der Waals surface area contributed by atoms with E-state index in [4.69, 9.17) is 4.74 Å². The van der Waals surface area contributed by atoms with Crippen molar-refractivity contribution in [3.8, 4) is 0 Å². The molecule has 1 N–H and O–H groups in total. The molecule has 0 amide bonds. The van der Waals surface area contributed by atoms with Crippen LogP contribution in [0.25, 0.3) is 0 Å². The van der Waals surface area contributed by atoms with Crippen LogP contribution < -0.4 is 5.32 Å². The third kappa shape index (κ3) is 4.23. The van der Waals surface area contributed by atoms with Gasteiger partial charge in [-0.1, -0.05) is 6.92 Å². The summed E-state index contributed by atoms with van der Waals surface area (Å²) in [6.07, 6.45) is 6.17. The van der Waals surface area contributed by atoms with Gasteiger partial charge in [0, 0.05) is 13.1 Å². The zero-order valence-corrected chi connectivity index (χ0v) is 11.5. The average Bonchev–Trinajstić information content (AvgIpc) is 2.75. The maximum atomic E-state index is 5.93. The van der Waals surface area contributed by atoms with Gasteiger partial charge in [-0.05, 0) is 58.2 Å². The third-order valence-electron chi connectivity index (χ3n) is 4.20. The van der Waals surface area contributed by atoms with E-state index in [0.29, 0.717) is 12.2 Å². The third-order valence-corrected chi connectivity index (χ3v) is 4.20.